The summed E-state index contributed by atoms with van der Waals surface area (Å²) in [6.07, 6.45) is 1.45. The maximum Gasteiger partial charge on any atom is 0.407 e. The number of halogens is 2. The van der Waals surface area contributed by atoms with Gasteiger partial charge in [0.05, 0.1) is 19.8 Å². The van der Waals surface area contributed by atoms with Crippen molar-refractivity contribution in [3.05, 3.63) is 83.7 Å². The molecule has 0 saturated heterocycles. The Labute approximate surface area is 255 Å². The van der Waals surface area contributed by atoms with Crippen molar-refractivity contribution < 1.29 is 27.8 Å². The zero-order chi connectivity index (χ0) is 31.8. The van der Waals surface area contributed by atoms with E-state index < -0.39 is 37.8 Å². The molecule has 0 bridgehead atoms. The summed E-state index contributed by atoms with van der Waals surface area (Å²) in [7, 11) is -0.100. The quantitative estimate of drug-likeness (QED) is 0.158. The highest BCUT2D eigenvalue weighted by Crippen LogP contribution is 2.37. The number of methoxy groups -OCH3 is 1. The monoisotopic (exact) mass is 613 g/mol. The molecule has 10 heteroatoms. The number of nitrogens with one attached hydrogen (secondary N) is 2. The summed E-state index contributed by atoms with van der Waals surface area (Å²) < 4.78 is 41.3. The fourth-order valence-corrected chi connectivity index (χ4v) is 5.52. The molecule has 0 saturated carbocycles. The van der Waals surface area contributed by atoms with E-state index in [4.69, 9.17) is 9.47 Å². The first-order valence-electron chi connectivity index (χ1n) is 14.6. The Morgan fingerprint density at radius 2 is 1.72 bits per heavy atom. The largest absolute Gasteiger partial charge is 0.467 e. The highest BCUT2D eigenvalue weighted by molar-refractivity contribution is 6.76. The Morgan fingerprint density at radius 1 is 1.02 bits per heavy atom. The van der Waals surface area contributed by atoms with Crippen molar-refractivity contribution in [2.45, 2.75) is 71.5 Å². The van der Waals surface area contributed by atoms with Crippen LogP contribution in [0.4, 0.5) is 13.6 Å². The van der Waals surface area contributed by atoms with Gasteiger partial charge in [-0.15, -0.1) is 0 Å². The van der Waals surface area contributed by atoms with Crippen LogP contribution in [0.15, 0.2) is 60.8 Å². The lowest BCUT2D eigenvalue weighted by Gasteiger charge is -2.33. The summed E-state index contributed by atoms with van der Waals surface area (Å²) in [6, 6.07) is 14.9. The lowest BCUT2D eigenvalue weighted by atomic mass is 9.84. The number of aromatic nitrogens is 1. The first-order valence-corrected chi connectivity index (χ1v) is 18.3. The number of rotatable bonds is 13. The van der Waals surface area contributed by atoms with E-state index in [1.54, 1.807) is 0 Å². The predicted molar refractivity (Wildman–Crippen MR) is 169 cm³/mol. The third-order valence-corrected chi connectivity index (χ3v) is 8.88. The van der Waals surface area contributed by atoms with Crippen LogP contribution in [-0.4, -0.2) is 51.0 Å². The summed E-state index contributed by atoms with van der Waals surface area (Å²) in [6.45, 7) is 14.0. The third kappa shape index (κ3) is 10.3. The molecule has 0 fully saturated rings. The smallest absolute Gasteiger partial charge is 0.407 e. The Kier molecular flexibility index (Phi) is 11.7. The van der Waals surface area contributed by atoms with Crippen LogP contribution >= 0.6 is 0 Å². The van der Waals surface area contributed by atoms with E-state index in [0.29, 0.717) is 25.3 Å². The highest BCUT2D eigenvalue weighted by Gasteiger charge is 2.31. The zero-order valence-corrected chi connectivity index (χ0v) is 27.3. The van der Waals surface area contributed by atoms with Crippen LogP contribution in [0, 0.1) is 17.0 Å². The number of carbonyl (C=O) groups excluding carboxylic acids is 2. The lowest BCUT2D eigenvalue weighted by Crippen LogP contribution is -2.44. The number of carbonyl (C=O) groups is 2. The van der Waals surface area contributed by atoms with E-state index in [1.807, 2.05) is 47.2 Å². The number of esters is 1. The number of hydrogen-bond acceptors (Lipinski definition) is 5. The van der Waals surface area contributed by atoms with Gasteiger partial charge in [0.15, 0.2) is 0 Å². The second-order valence-corrected chi connectivity index (χ2v) is 18.7. The van der Waals surface area contributed by atoms with E-state index in [9.17, 15) is 18.4 Å². The van der Waals surface area contributed by atoms with Gasteiger partial charge >= 0.3 is 12.1 Å². The molecular formula is C33H45F2N3O4Si. The van der Waals surface area contributed by atoms with Crippen LogP contribution in [0.1, 0.15) is 44.5 Å². The Hall–Kier alpha value is -3.50. The molecule has 0 spiro atoms. The first kappa shape index (κ1) is 34.0. The third-order valence-electron chi connectivity index (χ3n) is 7.17. The van der Waals surface area contributed by atoms with E-state index in [1.165, 1.54) is 13.2 Å². The lowest BCUT2D eigenvalue weighted by molar-refractivity contribution is -0.143. The molecule has 2 atom stereocenters. The zero-order valence-electron chi connectivity index (χ0n) is 26.3. The number of nitrogens with zero attached hydrogens (tertiary/aromatic N) is 1. The molecule has 1 amide bonds. The molecule has 1 aromatic heterocycles. The summed E-state index contributed by atoms with van der Waals surface area (Å²) in [5.74, 6) is -1.58. The second-order valence-electron chi connectivity index (χ2n) is 13.1. The number of amides is 1. The number of alkyl carbamates (subject to hydrolysis) is 1. The molecule has 3 rings (SSSR count). The molecule has 234 valence electrons. The van der Waals surface area contributed by atoms with E-state index >= 15 is 0 Å². The van der Waals surface area contributed by atoms with Gasteiger partial charge in [0.1, 0.15) is 17.7 Å². The van der Waals surface area contributed by atoms with Crippen LogP contribution < -0.4 is 10.6 Å². The molecule has 2 unspecified atom stereocenters. The van der Waals surface area contributed by atoms with Crippen LogP contribution in [0.5, 0.6) is 0 Å². The summed E-state index contributed by atoms with van der Waals surface area (Å²) in [5, 5.41) is 6.20. The maximum atomic E-state index is 14.8. The molecule has 0 aliphatic carbocycles. The number of ether oxygens (including phenoxy) is 2. The molecule has 43 heavy (non-hydrogen) atoms. The highest BCUT2D eigenvalue weighted by atomic mass is 28.3. The number of hydrogen-bond donors (Lipinski definition) is 2. The summed E-state index contributed by atoms with van der Waals surface area (Å²) >= 11 is 0. The molecule has 2 N–H and O–H groups in total. The molecule has 3 aromatic rings. The van der Waals surface area contributed by atoms with Crippen molar-refractivity contribution in [1.82, 2.24) is 15.2 Å². The Bertz CT molecular complexity index is 1370. The maximum absolute atomic E-state index is 14.8. The molecule has 1 heterocycles. The SMILES string of the molecule is COC(=O)C(CCNC(c1cc(-c2cc(F)ccc2F)cn1Cc1ccccc1)C(C)(C)C)NC(=O)OCC[Si](C)(C)C. The minimum absolute atomic E-state index is 0.184. The standard InChI is InChI=1S/C33H45F2N3O4Si/c1-33(2,3)30(36-16-15-28(31(39)41-4)37-32(40)42-17-18-43(5,6)7)29-19-24(26-20-25(34)13-14-27(26)35)22-38(29)21-23-11-9-8-10-12-23/h8-14,19-20,22,28,30,36H,15-18,21H2,1-7H3,(H,37,40). The van der Waals surface area contributed by atoms with Gasteiger partial charge in [0.2, 0.25) is 0 Å². The molecular weight excluding hydrogens is 568 g/mol. The number of benzene rings is 2. The summed E-state index contributed by atoms with van der Waals surface area (Å²) in [5.41, 5.74) is 2.37. The molecule has 7 nitrogen and oxygen atoms in total. The topological polar surface area (TPSA) is 81.6 Å². The van der Waals surface area contributed by atoms with Crippen LogP contribution in [0.3, 0.4) is 0 Å². The van der Waals surface area contributed by atoms with Gasteiger partial charge in [0, 0.05) is 37.6 Å². The van der Waals surface area contributed by atoms with Gasteiger partial charge in [0.25, 0.3) is 0 Å². The van der Waals surface area contributed by atoms with Crippen LogP contribution in [0.25, 0.3) is 11.1 Å². The fourth-order valence-electron chi connectivity index (χ4n) is 4.81. The van der Waals surface area contributed by atoms with Crippen molar-refractivity contribution in [2.75, 3.05) is 20.3 Å². The van der Waals surface area contributed by atoms with Crippen molar-refractivity contribution in [3.8, 4) is 11.1 Å². The average molecular weight is 614 g/mol. The van der Waals surface area contributed by atoms with E-state index in [-0.39, 0.29) is 23.4 Å². The molecule has 2 aromatic carbocycles. The fraction of sp³-hybridized carbons (Fsp3) is 0.455. The predicted octanol–water partition coefficient (Wildman–Crippen LogP) is 7.15. The second kappa shape index (κ2) is 14.8. The van der Waals surface area contributed by atoms with Gasteiger partial charge in [-0.25, -0.2) is 18.4 Å². The minimum Gasteiger partial charge on any atom is -0.467 e. The van der Waals surface area contributed by atoms with Gasteiger partial charge in [-0.2, -0.15) is 0 Å². The van der Waals surface area contributed by atoms with Gasteiger partial charge in [-0.1, -0.05) is 70.7 Å². The Balaban J connectivity index is 1.85. The Morgan fingerprint density at radius 3 is 2.35 bits per heavy atom. The molecule has 0 aliphatic rings. The summed E-state index contributed by atoms with van der Waals surface area (Å²) in [4.78, 5) is 25.0. The van der Waals surface area contributed by atoms with Crippen LogP contribution in [-0.2, 0) is 20.8 Å². The average Bonchev–Trinajstić information content (AvgIpc) is 3.33. The van der Waals surface area contributed by atoms with Crippen molar-refractivity contribution in [3.63, 3.8) is 0 Å². The minimum atomic E-state index is -1.38. The van der Waals surface area contributed by atoms with E-state index in [2.05, 4.69) is 51.0 Å². The molecule has 0 radical (unpaired) electrons. The van der Waals surface area contributed by atoms with E-state index in [0.717, 1.165) is 29.4 Å². The van der Waals surface area contributed by atoms with Gasteiger partial charge < -0.3 is 24.7 Å². The van der Waals surface area contributed by atoms with Crippen LogP contribution in [0.2, 0.25) is 25.7 Å². The van der Waals surface area contributed by atoms with Gasteiger partial charge in [-0.3, -0.25) is 0 Å². The van der Waals surface area contributed by atoms with Crippen molar-refractivity contribution >= 4 is 20.1 Å². The van der Waals surface area contributed by atoms with Crippen molar-refractivity contribution in [2.24, 2.45) is 5.41 Å². The normalized spacial score (nSPS) is 13.3. The van der Waals surface area contributed by atoms with Gasteiger partial charge in [-0.05, 0) is 54.3 Å². The first-order chi connectivity index (χ1) is 20.2. The van der Waals surface area contributed by atoms with Crippen molar-refractivity contribution in [1.29, 1.82) is 0 Å². The molecule has 0 aliphatic heterocycles.